The van der Waals surface area contributed by atoms with E-state index in [-0.39, 0.29) is 0 Å². The maximum atomic E-state index is 11.7. The van der Waals surface area contributed by atoms with Crippen LogP contribution in [0.25, 0.3) is 0 Å². The van der Waals surface area contributed by atoms with Gasteiger partial charge < -0.3 is 34.9 Å². The molecule has 9 nitrogen and oxygen atoms in total. The number of amides is 1. The van der Waals surface area contributed by atoms with Crippen LogP contribution in [0, 0.1) is 0 Å². The molecule has 1 aromatic rings. The van der Waals surface area contributed by atoms with Crippen LogP contribution in [0.3, 0.4) is 0 Å². The van der Waals surface area contributed by atoms with Gasteiger partial charge in [-0.15, -0.1) is 0 Å². The molecule has 1 aromatic carbocycles. The number of aliphatic imine (C=N–C) groups is 1. The van der Waals surface area contributed by atoms with Crippen LogP contribution >= 0.6 is 0 Å². The van der Waals surface area contributed by atoms with E-state index < -0.39 is 11.7 Å². The number of ether oxygens (including phenoxy) is 4. The van der Waals surface area contributed by atoms with Crippen molar-refractivity contribution in [2.45, 2.75) is 39.8 Å². The van der Waals surface area contributed by atoms with Crippen molar-refractivity contribution in [2.75, 3.05) is 41.0 Å². The molecule has 1 amide bonds. The SMILES string of the molecule is CCNC(=NCc1c(OC)cc(OC)cc1OC)NCCNC(=O)OC(C)(C)C. The number of hydrogen-bond donors (Lipinski definition) is 3. The van der Waals surface area contributed by atoms with Crippen molar-refractivity contribution in [2.24, 2.45) is 4.99 Å². The molecule has 0 saturated carbocycles. The molecular weight excluding hydrogens is 376 g/mol. The Bertz CT molecular complexity index is 661. The maximum Gasteiger partial charge on any atom is 0.407 e. The first kappa shape index (κ1) is 24.2. The van der Waals surface area contributed by atoms with Crippen molar-refractivity contribution < 1.29 is 23.7 Å². The summed E-state index contributed by atoms with van der Waals surface area (Å²) in [5, 5.41) is 9.03. The highest BCUT2D eigenvalue weighted by atomic mass is 16.6. The lowest BCUT2D eigenvalue weighted by molar-refractivity contribution is 0.0529. The van der Waals surface area contributed by atoms with Crippen LogP contribution < -0.4 is 30.2 Å². The monoisotopic (exact) mass is 410 g/mol. The topological polar surface area (TPSA) is 102 Å². The van der Waals surface area contributed by atoms with Gasteiger partial charge in [-0.1, -0.05) is 0 Å². The molecule has 0 heterocycles. The Morgan fingerprint density at radius 3 is 2.03 bits per heavy atom. The zero-order valence-corrected chi connectivity index (χ0v) is 18.5. The Hall–Kier alpha value is -2.84. The van der Waals surface area contributed by atoms with E-state index in [4.69, 9.17) is 18.9 Å². The molecule has 0 atom stereocenters. The van der Waals surface area contributed by atoms with Gasteiger partial charge in [0.2, 0.25) is 0 Å². The highest BCUT2D eigenvalue weighted by molar-refractivity contribution is 5.80. The van der Waals surface area contributed by atoms with Gasteiger partial charge in [0, 0.05) is 31.8 Å². The van der Waals surface area contributed by atoms with Gasteiger partial charge in [0.1, 0.15) is 22.8 Å². The first-order chi connectivity index (χ1) is 13.7. The third kappa shape index (κ3) is 8.80. The fourth-order valence-electron chi connectivity index (χ4n) is 2.39. The number of methoxy groups -OCH3 is 3. The standard InChI is InChI=1S/C20H34N4O5/c1-8-21-18(22-9-10-23-19(25)29-20(2,3)4)24-13-15-16(27-6)11-14(26-5)12-17(15)28-7/h11-12H,8-10,13H2,1-7H3,(H,23,25)(H2,21,22,24). The molecule has 0 spiro atoms. The highest BCUT2D eigenvalue weighted by Crippen LogP contribution is 2.34. The van der Waals surface area contributed by atoms with E-state index in [1.54, 1.807) is 33.5 Å². The van der Waals surface area contributed by atoms with Gasteiger partial charge in [0.15, 0.2) is 5.96 Å². The second-order valence-corrected chi connectivity index (χ2v) is 7.06. The quantitative estimate of drug-likeness (QED) is 0.326. The van der Waals surface area contributed by atoms with Gasteiger partial charge in [-0.25, -0.2) is 9.79 Å². The van der Waals surface area contributed by atoms with Crippen molar-refractivity contribution in [1.82, 2.24) is 16.0 Å². The molecule has 0 aliphatic heterocycles. The fraction of sp³-hybridized carbons (Fsp3) is 0.600. The molecule has 0 aromatic heterocycles. The van der Waals surface area contributed by atoms with Crippen molar-refractivity contribution in [3.05, 3.63) is 17.7 Å². The molecule has 1 rings (SSSR count). The largest absolute Gasteiger partial charge is 0.496 e. The first-order valence-corrected chi connectivity index (χ1v) is 9.52. The van der Waals surface area contributed by atoms with Gasteiger partial charge in [-0.3, -0.25) is 0 Å². The second-order valence-electron chi connectivity index (χ2n) is 7.06. The molecule has 9 heteroatoms. The van der Waals surface area contributed by atoms with Crippen LogP contribution in [0.15, 0.2) is 17.1 Å². The zero-order valence-electron chi connectivity index (χ0n) is 18.5. The average molecular weight is 411 g/mol. The average Bonchev–Trinajstić information content (AvgIpc) is 2.67. The highest BCUT2D eigenvalue weighted by Gasteiger charge is 2.16. The van der Waals surface area contributed by atoms with Gasteiger partial charge in [0.25, 0.3) is 0 Å². The molecule has 0 saturated heterocycles. The van der Waals surface area contributed by atoms with E-state index in [0.29, 0.717) is 49.4 Å². The number of alkyl carbamates (subject to hydrolysis) is 1. The number of rotatable bonds is 9. The number of hydrogen-bond acceptors (Lipinski definition) is 6. The summed E-state index contributed by atoms with van der Waals surface area (Å²) in [5.74, 6) is 2.52. The van der Waals surface area contributed by atoms with Crippen molar-refractivity contribution in [1.29, 1.82) is 0 Å². The minimum Gasteiger partial charge on any atom is -0.496 e. The Morgan fingerprint density at radius 2 is 1.55 bits per heavy atom. The fourth-order valence-corrected chi connectivity index (χ4v) is 2.39. The van der Waals surface area contributed by atoms with Crippen LogP contribution in [0.4, 0.5) is 4.79 Å². The van der Waals surface area contributed by atoms with Crippen LogP contribution in [0.5, 0.6) is 17.2 Å². The number of benzene rings is 1. The number of guanidine groups is 1. The maximum absolute atomic E-state index is 11.7. The zero-order chi connectivity index (χ0) is 21.9. The summed E-state index contributed by atoms with van der Waals surface area (Å²) >= 11 is 0. The predicted octanol–water partition coefficient (Wildman–Crippen LogP) is 2.29. The lowest BCUT2D eigenvalue weighted by Crippen LogP contribution is -2.42. The summed E-state index contributed by atoms with van der Waals surface area (Å²) in [6.45, 7) is 9.36. The molecule has 3 N–H and O–H groups in total. The molecule has 0 aliphatic carbocycles. The summed E-state index contributed by atoms with van der Waals surface area (Å²) < 4.78 is 21.4. The molecule has 0 bridgehead atoms. The Kier molecular flexibility index (Phi) is 9.91. The summed E-state index contributed by atoms with van der Waals surface area (Å²) in [6, 6.07) is 3.58. The third-order valence-corrected chi connectivity index (χ3v) is 3.64. The van der Waals surface area contributed by atoms with Crippen LogP contribution in [0.1, 0.15) is 33.3 Å². The molecule has 0 radical (unpaired) electrons. The predicted molar refractivity (Wildman–Crippen MR) is 113 cm³/mol. The van der Waals surface area contributed by atoms with Crippen molar-refractivity contribution >= 4 is 12.1 Å². The molecular formula is C20H34N4O5. The summed E-state index contributed by atoms with van der Waals surface area (Å²) in [5.41, 5.74) is 0.282. The van der Waals surface area contributed by atoms with Crippen LogP contribution in [0.2, 0.25) is 0 Å². The van der Waals surface area contributed by atoms with E-state index in [2.05, 4.69) is 20.9 Å². The summed E-state index contributed by atoms with van der Waals surface area (Å²) in [6.07, 6.45) is -0.450. The number of nitrogens with zero attached hydrogens (tertiary/aromatic N) is 1. The van der Waals surface area contributed by atoms with Gasteiger partial charge in [0.05, 0.1) is 33.4 Å². The lowest BCUT2D eigenvalue weighted by Gasteiger charge is -2.20. The molecule has 29 heavy (non-hydrogen) atoms. The van der Waals surface area contributed by atoms with E-state index in [0.717, 1.165) is 5.56 Å². The Labute approximate surface area is 173 Å². The van der Waals surface area contributed by atoms with Crippen LogP contribution in [-0.2, 0) is 11.3 Å². The Morgan fingerprint density at radius 1 is 0.966 bits per heavy atom. The summed E-state index contributed by atoms with van der Waals surface area (Å²) in [7, 11) is 4.77. The molecule has 0 unspecified atom stereocenters. The van der Waals surface area contributed by atoms with E-state index in [9.17, 15) is 4.79 Å². The normalized spacial score (nSPS) is 11.5. The smallest absolute Gasteiger partial charge is 0.407 e. The van der Waals surface area contributed by atoms with E-state index >= 15 is 0 Å². The number of carbonyl (C=O) groups is 1. The first-order valence-electron chi connectivity index (χ1n) is 9.52. The van der Waals surface area contributed by atoms with E-state index in [1.807, 2.05) is 27.7 Å². The second kappa shape index (κ2) is 11.9. The number of carbonyl (C=O) groups excluding carboxylic acids is 1. The Balaban J connectivity index is 2.74. The van der Waals surface area contributed by atoms with Crippen LogP contribution in [-0.4, -0.2) is 58.6 Å². The third-order valence-electron chi connectivity index (χ3n) is 3.64. The molecule has 0 fully saturated rings. The van der Waals surface area contributed by atoms with Gasteiger partial charge >= 0.3 is 6.09 Å². The minimum absolute atomic E-state index is 0.338. The molecule has 0 aliphatic rings. The molecule has 164 valence electrons. The van der Waals surface area contributed by atoms with Crippen molar-refractivity contribution in [3.63, 3.8) is 0 Å². The number of nitrogens with one attached hydrogen (secondary N) is 3. The lowest BCUT2D eigenvalue weighted by atomic mass is 10.1. The van der Waals surface area contributed by atoms with E-state index in [1.165, 1.54) is 0 Å². The summed E-state index contributed by atoms with van der Waals surface area (Å²) in [4.78, 5) is 16.3. The van der Waals surface area contributed by atoms with Crippen molar-refractivity contribution in [3.8, 4) is 17.2 Å². The van der Waals surface area contributed by atoms with Gasteiger partial charge in [-0.2, -0.15) is 0 Å². The van der Waals surface area contributed by atoms with Gasteiger partial charge in [-0.05, 0) is 27.7 Å². The minimum atomic E-state index is -0.523.